The van der Waals surface area contributed by atoms with Crippen LogP contribution < -0.4 is 14.8 Å². The first-order chi connectivity index (χ1) is 13.5. The van der Waals surface area contributed by atoms with Gasteiger partial charge in [-0.3, -0.25) is 9.59 Å². The van der Waals surface area contributed by atoms with Gasteiger partial charge in [-0.15, -0.1) is 0 Å². The summed E-state index contributed by atoms with van der Waals surface area (Å²) in [5.41, 5.74) is 1.56. The van der Waals surface area contributed by atoms with Gasteiger partial charge in [0.2, 0.25) is 0 Å². The molecule has 150 valence electrons. The predicted molar refractivity (Wildman–Crippen MR) is 110 cm³/mol. The minimum absolute atomic E-state index is 0.0548. The van der Waals surface area contributed by atoms with Crippen molar-refractivity contribution in [1.29, 1.82) is 0 Å². The minimum Gasteiger partial charge on any atom is -0.490 e. The van der Waals surface area contributed by atoms with Crippen LogP contribution in [0, 0.1) is 0 Å². The van der Waals surface area contributed by atoms with Gasteiger partial charge in [0.05, 0.1) is 13.2 Å². The summed E-state index contributed by atoms with van der Waals surface area (Å²) in [7, 11) is 0. The third kappa shape index (κ3) is 5.25. The van der Waals surface area contributed by atoms with Crippen molar-refractivity contribution in [1.82, 2.24) is 4.90 Å². The van der Waals surface area contributed by atoms with Crippen molar-refractivity contribution in [3.05, 3.63) is 53.6 Å². The fraction of sp³-hybridized carbons (Fsp3) is 0.364. The van der Waals surface area contributed by atoms with Crippen LogP contribution in [0.25, 0.3) is 0 Å². The van der Waals surface area contributed by atoms with E-state index in [1.165, 1.54) is 0 Å². The molecule has 0 aliphatic rings. The number of nitrogens with one attached hydrogen (secondary N) is 1. The van der Waals surface area contributed by atoms with E-state index in [1.54, 1.807) is 47.4 Å². The Balaban J connectivity index is 2.20. The van der Waals surface area contributed by atoms with Crippen molar-refractivity contribution < 1.29 is 19.1 Å². The molecular weight excluding hydrogens is 356 g/mol. The normalized spacial score (nSPS) is 10.3. The molecule has 0 aromatic heterocycles. The fourth-order valence-corrected chi connectivity index (χ4v) is 2.82. The Morgan fingerprint density at radius 3 is 2.18 bits per heavy atom. The molecule has 0 aliphatic carbocycles. The van der Waals surface area contributed by atoms with E-state index in [2.05, 4.69) is 5.32 Å². The van der Waals surface area contributed by atoms with Crippen LogP contribution in [-0.4, -0.2) is 43.0 Å². The topological polar surface area (TPSA) is 67.9 Å². The summed E-state index contributed by atoms with van der Waals surface area (Å²) >= 11 is 0. The Kier molecular flexibility index (Phi) is 7.87. The SMILES string of the molecule is CCOc1ccc(C(=O)Nc2cccc(C(=O)N(CC)CC)c2)cc1OCC. The van der Waals surface area contributed by atoms with Gasteiger partial charge in [-0.05, 0) is 64.1 Å². The third-order valence-corrected chi connectivity index (χ3v) is 4.22. The molecular formula is C22H28N2O4. The van der Waals surface area contributed by atoms with E-state index in [1.807, 2.05) is 27.7 Å². The molecule has 0 bridgehead atoms. The van der Waals surface area contributed by atoms with Crippen molar-refractivity contribution in [3.63, 3.8) is 0 Å². The predicted octanol–water partition coefficient (Wildman–Crippen LogP) is 4.22. The van der Waals surface area contributed by atoms with Crippen molar-refractivity contribution >= 4 is 17.5 Å². The maximum absolute atomic E-state index is 12.7. The summed E-state index contributed by atoms with van der Waals surface area (Å²) in [6, 6.07) is 12.0. The molecule has 0 spiro atoms. The van der Waals surface area contributed by atoms with Gasteiger partial charge in [0.15, 0.2) is 11.5 Å². The molecule has 2 aromatic rings. The van der Waals surface area contributed by atoms with Gasteiger partial charge in [-0.1, -0.05) is 6.07 Å². The molecule has 0 unspecified atom stereocenters. The monoisotopic (exact) mass is 384 g/mol. The second-order valence-corrected chi connectivity index (χ2v) is 6.04. The quantitative estimate of drug-likeness (QED) is 0.703. The minimum atomic E-state index is -0.281. The zero-order chi connectivity index (χ0) is 20.5. The number of hydrogen-bond donors (Lipinski definition) is 1. The van der Waals surface area contributed by atoms with Gasteiger partial charge in [0, 0.05) is 29.9 Å². The first-order valence-corrected chi connectivity index (χ1v) is 9.64. The maximum Gasteiger partial charge on any atom is 0.255 e. The smallest absolute Gasteiger partial charge is 0.255 e. The molecule has 0 radical (unpaired) electrons. The number of carbonyl (C=O) groups is 2. The molecule has 0 saturated heterocycles. The van der Waals surface area contributed by atoms with Gasteiger partial charge in [-0.2, -0.15) is 0 Å². The highest BCUT2D eigenvalue weighted by molar-refractivity contribution is 6.05. The van der Waals surface area contributed by atoms with E-state index in [0.717, 1.165) is 0 Å². The second-order valence-electron chi connectivity index (χ2n) is 6.04. The maximum atomic E-state index is 12.7. The van der Waals surface area contributed by atoms with Gasteiger partial charge in [0.1, 0.15) is 0 Å². The number of anilines is 1. The van der Waals surface area contributed by atoms with Crippen LogP contribution in [0.3, 0.4) is 0 Å². The van der Waals surface area contributed by atoms with Crippen molar-refractivity contribution in [2.24, 2.45) is 0 Å². The number of rotatable bonds is 9. The summed E-state index contributed by atoms with van der Waals surface area (Å²) in [5.74, 6) is 0.799. The van der Waals surface area contributed by atoms with E-state index >= 15 is 0 Å². The van der Waals surface area contributed by atoms with Crippen LogP contribution >= 0.6 is 0 Å². The molecule has 0 fully saturated rings. The summed E-state index contributed by atoms with van der Waals surface area (Å²) in [4.78, 5) is 26.9. The van der Waals surface area contributed by atoms with Gasteiger partial charge >= 0.3 is 0 Å². The fourth-order valence-electron chi connectivity index (χ4n) is 2.82. The number of benzene rings is 2. The first-order valence-electron chi connectivity index (χ1n) is 9.64. The average molecular weight is 384 g/mol. The molecule has 6 heteroatoms. The molecule has 2 aromatic carbocycles. The summed E-state index contributed by atoms with van der Waals surface area (Å²) in [5, 5.41) is 2.84. The lowest BCUT2D eigenvalue weighted by atomic mass is 10.1. The molecule has 0 atom stereocenters. The molecule has 0 aliphatic heterocycles. The molecule has 0 heterocycles. The van der Waals surface area contributed by atoms with Crippen LogP contribution in [0.4, 0.5) is 5.69 Å². The summed E-state index contributed by atoms with van der Waals surface area (Å²) in [6.07, 6.45) is 0. The van der Waals surface area contributed by atoms with E-state index in [9.17, 15) is 9.59 Å². The number of amides is 2. The molecule has 2 amide bonds. The standard InChI is InChI=1S/C22H28N2O4/c1-5-24(6-2)22(26)17-10-9-11-18(14-17)23-21(25)16-12-13-19(27-7-3)20(15-16)28-8-4/h9-15H,5-8H2,1-4H3,(H,23,25). The van der Waals surface area contributed by atoms with Gasteiger partial charge < -0.3 is 19.7 Å². The van der Waals surface area contributed by atoms with E-state index in [4.69, 9.17) is 9.47 Å². The third-order valence-electron chi connectivity index (χ3n) is 4.22. The van der Waals surface area contributed by atoms with Crippen molar-refractivity contribution in [3.8, 4) is 11.5 Å². The number of ether oxygens (including phenoxy) is 2. The molecule has 28 heavy (non-hydrogen) atoms. The lowest BCUT2D eigenvalue weighted by molar-refractivity contribution is 0.0772. The molecule has 2 rings (SSSR count). The van der Waals surface area contributed by atoms with Gasteiger partial charge in [-0.25, -0.2) is 0 Å². The highest BCUT2D eigenvalue weighted by Gasteiger charge is 2.15. The summed E-state index contributed by atoms with van der Waals surface area (Å²) < 4.78 is 11.1. The molecule has 0 saturated carbocycles. The summed E-state index contributed by atoms with van der Waals surface area (Å²) in [6.45, 7) is 9.91. The highest BCUT2D eigenvalue weighted by atomic mass is 16.5. The number of nitrogens with zero attached hydrogens (tertiary/aromatic N) is 1. The Labute approximate surface area is 166 Å². The lowest BCUT2D eigenvalue weighted by Gasteiger charge is -2.19. The van der Waals surface area contributed by atoms with Crippen LogP contribution in [0.15, 0.2) is 42.5 Å². The van der Waals surface area contributed by atoms with Crippen LogP contribution in [0.1, 0.15) is 48.4 Å². The van der Waals surface area contributed by atoms with Crippen molar-refractivity contribution in [2.75, 3.05) is 31.6 Å². The average Bonchev–Trinajstić information content (AvgIpc) is 2.70. The zero-order valence-corrected chi connectivity index (χ0v) is 17.0. The largest absolute Gasteiger partial charge is 0.490 e. The van der Waals surface area contributed by atoms with Crippen molar-refractivity contribution in [2.45, 2.75) is 27.7 Å². The highest BCUT2D eigenvalue weighted by Crippen LogP contribution is 2.29. The Hall–Kier alpha value is -3.02. The zero-order valence-electron chi connectivity index (χ0n) is 17.0. The van der Waals surface area contributed by atoms with E-state index in [0.29, 0.717) is 54.6 Å². The Morgan fingerprint density at radius 1 is 0.857 bits per heavy atom. The Morgan fingerprint density at radius 2 is 1.54 bits per heavy atom. The van der Waals surface area contributed by atoms with Gasteiger partial charge in [0.25, 0.3) is 11.8 Å². The molecule has 6 nitrogen and oxygen atoms in total. The van der Waals surface area contributed by atoms with Crippen LogP contribution in [-0.2, 0) is 0 Å². The first kappa shape index (κ1) is 21.3. The molecule has 1 N–H and O–H groups in total. The van der Waals surface area contributed by atoms with Crippen LogP contribution in [0.2, 0.25) is 0 Å². The Bertz CT molecular complexity index is 816. The van der Waals surface area contributed by atoms with E-state index in [-0.39, 0.29) is 11.8 Å². The number of carbonyl (C=O) groups excluding carboxylic acids is 2. The van der Waals surface area contributed by atoms with E-state index < -0.39 is 0 Å². The lowest BCUT2D eigenvalue weighted by Crippen LogP contribution is -2.30. The number of hydrogen-bond acceptors (Lipinski definition) is 4. The van der Waals surface area contributed by atoms with Crippen LogP contribution in [0.5, 0.6) is 11.5 Å². The second kappa shape index (κ2) is 10.3.